The molecule has 0 aliphatic heterocycles. The van der Waals surface area contributed by atoms with Gasteiger partial charge in [0.05, 0.1) is 11.6 Å². The fourth-order valence-electron chi connectivity index (χ4n) is 1.14. The van der Waals surface area contributed by atoms with E-state index in [1.165, 1.54) is 6.07 Å². The van der Waals surface area contributed by atoms with E-state index < -0.39 is 5.82 Å². The Morgan fingerprint density at radius 3 is 2.92 bits per heavy atom. The lowest BCUT2D eigenvalue weighted by atomic mass is 10.0. The quantitative estimate of drug-likeness (QED) is 0.766. The lowest BCUT2D eigenvalue weighted by Crippen LogP contribution is -2.09. The lowest BCUT2D eigenvalue weighted by Gasteiger charge is -2.11. The van der Waals surface area contributed by atoms with Crippen molar-refractivity contribution in [2.24, 2.45) is 5.90 Å². The number of nitrogens with two attached hydrogens (primary N) is 1. The molecule has 0 aliphatic carbocycles. The van der Waals surface area contributed by atoms with Crippen molar-refractivity contribution in [2.45, 2.75) is 12.8 Å². The van der Waals surface area contributed by atoms with Gasteiger partial charge in [0.1, 0.15) is 5.82 Å². The Morgan fingerprint density at radius 2 is 2.31 bits per heavy atom. The molecule has 0 aliphatic rings. The Morgan fingerprint density at radius 1 is 1.62 bits per heavy atom. The van der Waals surface area contributed by atoms with Crippen LogP contribution < -0.4 is 5.90 Å². The van der Waals surface area contributed by atoms with Crippen LogP contribution in [0, 0.1) is 5.82 Å². The van der Waals surface area contributed by atoms with Gasteiger partial charge in [-0.15, -0.1) is 0 Å². The van der Waals surface area contributed by atoms with Gasteiger partial charge in [0.25, 0.3) is 0 Å². The van der Waals surface area contributed by atoms with Crippen molar-refractivity contribution in [3.8, 4) is 0 Å². The molecule has 72 valence electrons. The third-order valence-corrected chi connectivity index (χ3v) is 2.15. The Hall–Kier alpha value is -0.640. The standard InChI is InChI=1S/C9H11ClFNO/c1-6(5-13-12)7-3-2-4-8(10)9(7)11/h2-4,6H,5,12H2,1H3. The second kappa shape index (κ2) is 4.56. The lowest BCUT2D eigenvalue weighted by molar-refractivity contribution is 0.126. The normalized spacial score (nSPS) is 12.9. The highest BCUT2D eigenvalue weighted by Gasteiger charge is 2.12. The predicted molar refractivity (Wildman–Crippen MR) is 50.0 cm³/mol. The summed E-state index contributed by atoms with van der Waals surface area (Å²) >= 11 is 5.61. The molecule has 0 fully saturated rings. The summed E-state index contributed by atoms with van der Waals surface area (Å²) in [6.07, 6.45) is 0. The third-order valence-electron chi connectivity index (χ3n) is 1.86. The van der Waals surface area contributed by atoms with Crippen molar-refractivity contribution in [1.82, 2.24) is 0 Å². The van der Waals surface area contributed by atoms with Crippen LogP contribution in [0.15, 0.2) is 18.2 Å². The van der Waals surface area contributed by atoms with Crippen LogP contribution in [0.3, 0.4) is 0 Å². The zero-order chi connectivity index (χ0) is 9.84. The van der Waals surface area contributed by atoms with Crippen LogP contribution >= 0.6 is 11.6 Å². The summed E-state index contributed by atoms with van der Waals surface area (Å²) in [5, 5.41) is 0.126. The minimum absolute atomic E-state index is 0.0938. The number of hydrogen-bond donors (Lipinski definition) is 1. The molecule has 1 rings (SSSR count). The van der Waals surface area contributed by atoms with Gasteiger partial charge < -0.3 is 4.84 Å². The summed E-state index contributed by atoms with van der Waals surface area (Å²) in [6.45, 7) is 2.10. The van der Waals surface area contributed by atoms with Crippen LogP contribution in [0.25, 0.3) is 0 Å². The van der Waals surface area contributed by atoms with Crippen molar-refractivity contribution in [2.75, 3.05) is 6.61 Å². The minimum atomic E-state index is -0.395. The smallest absolute Gasteiger partial charge is 0.145 e. The fraction of sp³-hybridized carbons (Fsp3) is 0.333. The Bertz CT molecular complexity index is 293. The first-order chi connectivity index (χ1) is 6.16. The maximum Gasteiger partial charge on any atom is 0.145 e. The van der Waals surface area contributed by atoms with Crippen LogP contribution in [0.4, 0.5) is 4.39 Å². The van der Waals surface area contributed by atoms with Gasteiger partial charge in [-0.3, -0.25) is 0 Å². The maximum absolute atomic E-state index is 13.3. The summed E-state index contributed by atoms with van der Waals surface area (Å²) in [5.41, 5.74) is 0.526. The third kappa shape index (κ3) is 2.40. The SMILES string of the molecule is CC(CON)c1cccc(Cl)c1F. The van der Waals surface area contributed by atoms with E-state index in [0.29, 0.717) is 5.56 Å². The Labute approximate surface area is 81.4 Å². The molecule has 0 bridgehead atoms. The molecule has 1 atom stereocenters. The number of rotatable bonds is 3. The number of hydrogen-bond acceptors (Lipinski definition) is 2. The van der Waals surface area contributed by atoms with E-state index in [2.05, 4.69) is 4.84 Å². The Kier molecular flexibility index (Phi) is 3.66. The molecular formula is C9H11ClFNO. The zero-order valence-corrected chi connectivity index (χ0v) is 8.01. The van der Waals surface area contributed by atoms with Crippen molar-refractivity contribution >= 4 is 11.6 Å². The fourth-order valence-corrected chi connectivity index (χ4v) is 1.32. The van der Waals surface area contributed by atoms with Gasteiger partial charge in [-0.25, -0.2) is 10.3 Å². The molecule has 2 nitrogen and oxygen atoms in total. The molecule has 0 saturated carbocycles. The van der Waals surface area contributed by atoms with Gasteiger partial charge in [0.2, 0.25) is 0 Å². The average molecular weight is 204 g/mol. The van der Waals surface area contributed by atoms with Crippen LogP contribution in [-0.2, 0) is 4.84 Å². The second-order valence-electron chi connectivity index (χ2n) is 2.88. The number of benzene rings is 1. The van der Waals surface area contributed by atoms with Crippen LogP contribution in [0.1, 0.15) is 18.4 Å². The van der Waals surface area contributed by atoms with E-state index in [9.17, 15) is 4.39 Å². The number of halogens is 2. The largest absolute Gasteiger partial charge is 0.304 e. The monoisotopic (exact) mass is 203 g/mol. The first-order valence-electron chi connectivity index (χ1n) is 3.92. The van der Waals surface area contributed by atoms with Gasteiger partial charge in [-0.05, 0) is 11.6 Å². The minimum Gasteiger partial charge on any atom is -0.304 e. The van der Waals surface area contributed by atoms with Crippen molar-refractivity contribution < 1.29 is 9.23 Å². The van der Waals surface area contributed by atoms with Crippen molar-refractivity contribution in [3.63, 3.8) is 0 Å². The maximum atomic E-state index is 13.3. The average Bonchev–Trinajstić information content (AvgIpc) is 2.10. The molecule has 2 N–H and O–H groups in total. The van der Waals surface area contributed by atoms with E-state index in [4.69, 9.17) is 17.5 Å². The molecule has 0 saturated heterocycles. The molecule has 0 radical (unpaired) electrons. The van der Waals surface area contributed by atoms with Crippen molar-refractivity contribution in [3.05, 3.63) is 34.6 Å². The zero-order valence-electron chi connectivity index (χ0n) is 7.26. The van der Waals surface area contributed by atoms with E-state index >= 15 is 0 Å². The predicted octanol–water partition coefficient (Wildman–Crippen LogP) is 2.47. The molecule has 4 heteroatoms. The summed E-state index contributed by atoms with van der Waals surface area (Å²) in [7, 11) is 0. The highest BCUT2D eigenvalue weighted by Crippen LogP contribution is 2.24. The van der Waals surface area contributed by atoms with Crippen molar-refractivity contribution in [1.29, 1.82) is 0 Å². The molecule has 0 heterocycles. The molecule has 0 amide bonds. The highest BCUT2D eigenvalue weighted by molar-refractivity contribution is 6.30. The first-order valence-corrected chi connectivity index (χ1v) is 4.30. The summed E-state index contributed by atoms with van der Waals surface area (Å²) < 4.78 is 13.3. The van der Waals surface area contributed by atoms with Gasteiger partial charge in [-0.2, -0.15) is 0 Å². The first kappa shape index (κ1) is 10.4. The molecule has 13 heavy (non-hydrogen) atoms. The van der Waals surface area contributed by atoms with Gasteiger partial charge in [0.15, 0.2) is 0 Å². The molecular weight excluding hydrogens is 193 g/mol. The van der Waals surface area contributed by atoms with Gasteiger partial charge >= 0.3 is 0 Å². The van der Waals surface area contributed by atoms with E-state index in [-0.39, 0.29) is 17.5 Å². The molecule has 1 unspecified atom stereocenters. The molecule has 0 spiro atoms. The van der Waals surface area contributed by atoms with Gasteiger partial charge in [0, 0.05) is 5.92 Å². The van der Waals surface area contributed by atoms with Crippen LogP contribution in [-0.4, -0.2) is 6.61 Å². The molecule has 1 aromatic carbocycles. The molecule has 0 aromatic heterocycles. The van der Waals surface area contributed by atoms with E-state index in [1.807, 2.05) is 6.92 Å². The van der Waals surface area contributed by atoms with Gasteiger partial charge in [-0.1, -0.05) is 30.7 Å². The summed E-state index contributed by atoms with van der Waals surface area (Å²) in [5.74, 6) is 4.41. The summed E-state index contributed by atoms with van der Waals surface area (Å²) in [4.78, 5) is 4.44. The van der Waals surface area contributed by atoms with E-state index in [1.54, 1.807) is 12.1 Å². The second-order valence-corrected chi connectivity index (χ2v) is 3.28. The van der Waals surface area contributed by atoms with E-state index in [0.717, 1.165) is 0 Å². The summed E-state index contributed by atoms with van der Waals surface area (Å²) in [6, 6.07) is 4.88. The highest BCUT2D eigenvalue weighted by atomic mass is 35.5. The Balaban J connectivity index is 2.93. The molecule has 1 aromatic rings. The topological polar surface area (TPSA) is 35.2 Å². The van der Waals surface area contributed by atoms with Crippen LogP contribution in [0.2, 0.25) is 5.02 Å². The van der Waals surface area contributed by atoms with Crippen LogP contribution in [0.5, 0.6) is 0 Å².